The van der Waals surface area contributed by atoms with Crippen molar-refractivity contribution in [3.63, 3.8) is 0 Å². The Kier molecular flexibility index (Phi) is 9.52. The number of hydrogen-bond acceptors (Lipinski definition) is 7. The molecule has 0 amide bonds. The van der Waals surface area contributed by atoms with Crippen LogP contribution in [-0.4, -0.2) is 78.2 Å². The van der Waals surface area contributed by atoms with Crippen LogP contribution in [0.5, 0.6) is 0 Å². The van der Waals surface area contributed by atoms with E-state index < -0.39 is 11.7 Å². The third kappa shape index (κ3) is 6.69. The number of hydrogen-bond donors (Lipinski definition) is 2. The van der Waals surface area contributed by atoms with Crippen molar-refractivity contribution in [2.45, 2.75) is 88.8 Å². The van der Waals surface area contributed by atoms with Crippen LogP contribution in [0.3, 0.4) is 0 Å². The highest BCUT2D eigenvalue weighted by molar-refractivity contribution is 5.56. The predicted octanol–water partition coefficient (Wildman–Crippen LogP) is 4.22. The second-order valence-corrected chi connectivity index (χ2v) is 13.2. The molecular formula is C31H47F3N6O3. The zero-order valence-corrected chi connectivity index (χ0v) is 25.5. The molecular weight excluding hydrogens is 561 g/mol. The fraction of sp³-hybridized carbons (Fsp3) is 0.774. The van der Waals surface area contributed by atoms with Crippen molar-refractivity contribution in [2.24, 2.45) is 17.8 Å². The van der Waals surface area contributed by atoms with Gasteiger partial charge in [0.25, 0.3) is 0 Å². The normalized spacial score (nSPS) is 28.9. The van der Waals surface area contributed by atoms with Crippen molar-refractivity contribution in [3.8, 4) is 0 Å². The third-order valence-corrected chi connectivity index (χ3v) is 10.4. The zero-order chi connectivity index (χ0) is 30.1. The molecule has 2 aliphatic heterocycles. The summed E-state index contributed by atoms with van der Waals surface area (Å²) in [7, 11) is 3.76. The van der Waals surface area contributed by atoms with E-state index in [4.69, 9.17) is 9.47 Å². The lowest BCUT2D eigenvalue weighted by Gasteiger charge is -2.46. The Morgan fingerprint density at radius 1 is 1.05 bits per heavy atom. The van der Waals surface area contributed by atoms with Crippen molar-refractivity contribution < 1.29 is 22.6 Å². The number of imidazole rings is 1. The Labute approximate surface area is 251 Å². The molecule has 2 aromatic heterocycles. The SMILES string of the molecule is COCCO[C@H]1CCCN(Cc2cc(C(F)(F)F)c3cn(C4CCCC([C@@H](C5CCC5)C5NNCN5C)C4)c(=O)n3c2)C1. The smallest absolute Gasteiger partial charge is 0.382 e. The monoisotopic (exact) mass is 608 g/mol. The fourth-order valence-electron chi connectivity index (χ4n) is 8.09. The Morgan fingerprint density at radius 3 is 2.53 bits per heavy atom. The number of nitrogens with one attached hydrogen (secondary N) is 2. The lowest BCUT2D eigenvalue weighted by atomic mass is 9.65. The van der Waals surface area contributed by atoms with Gasteiger partial charge in [-0.1, -0.05) is 25.7 Å². The van der Waals surface area contributed by atoms with Gasteiger partial charge in [-0.2, -0.15) is 13.2 Å². The minimum Gasteiger partial charge on any atom is -0.382 e. The molecule has 0 radical (unpaired) electrons. The second kappa shape index (κ2) is 13.2. The summed E-state index contributed by atoms with van der Waals surface area (Å²) >= 11 is 0. The molecule has 2 saturated heterocycles. The van der Waals surface area contributed by atoms with Gasteiger partial charge in [-0.3, -0.25) is 18.8 Å². The molecule has 0 spiro atoms. The van der Waals surface area contributed by atoms with Gasteiger partial charge in [-0.25, -0.2) is 15.6 Å². The second-order valence-electron chi connectivity index (χ2n) is 13.2. The molecule has 240 valence electrons. The lowest BCUT2D eigenvalue weighted by molar-refractivity contribution is -0.136. The van der Waals surface area contributed by atoms with Gasteiger partial charge in [0.05, 0.1) is 43.2 Å². The number of ether oxygens (including phenoxy) is 2. The van der Waals surface area contributed by atoms with E-state index in [1.807, 2.05) is 0 Å². The Balaban J connectivity index is 1.25. The standard InChI is InChI=1S/C31H47F3N6O3/c1-37-20-35-36-29(37)28(22-6-3-7-22)23-8-4-9-24(15-23)39-19-27-26(31(32,33)34)14-21(17-40(27)30(39)41)16-38-11-5-10-25(18-38)43-13-12-42-2/h14,17,19,22-25,28-29,35-36H,3-13,15-16,18,20H2,1-2H3/t23?,24?,25-,28+,29?/m0/s1. The number of rotatable bonds is 10. The summed E-state index contributed by atoms with van der Waals surface area (Å²) in [5.74, 6) is 1.51. The van der Waals surface area contributed by atoms with Crippen molar-refractivity contribution in [3.05, 3.63) is 40.1 Å². The molecule has 2 saturated carbocycles. The summed E-state index contributed by atoms with van der Waals surface area (Å²) in [6.07, 6.45) is 8.02. The number of hydrazine groups is 1. The summed E-state index contributed by atoms with van der Waals surface area (Å²) < 4.78 is 57.1. The molecule has 5 atom stereocenters. The highest BCUT2D eigenvalue weighted by atomic mass is 19.4. The van der Waals surface area contributed by atoms with Crippen LogP contribution in [0.4, 0.5) is 13.2 Å². The maximum Gasteiger partial charge on any atom is 0.418 e. The van der Waals surface area contributed by atoms with E-state index in [-0.39, 0.29) is 29.5 Å². The number of halogens is 3. The van der Waals surface area contributed by atoms with Crippen molar-refractivity contribution in [1.82, 2.24) is 29.6 Å². The molecule has 3 unspecified atom stereocenters. The van der Waals surface area contributed by atoms with E-state index in [1.54, 1.807) is 17.9 Å². The topological polar surface area (TPSA) is 75.4 Å². The molecule has 2 aliphatic carbocycles. The van der Waals surface area contributed by atoms with Crippen LogP contribution >= 0.6 is 0 Å². The van der Waals surface area contributed by atoms with Crippen LogP contribution in [-0.2, 0) is 22.2 Å². The van der Waals surface area contributed by atoms with Crippen LogP contribution in [0, 0.1) is 17.8 Å². The molecule has 12 heteroatoms. The van der Waals surface area contributed by atoms with E-state index in [1.165, 1.54) is 35.9 Å². The average molecular weight is 609 g/mol. The van der Waals surface area contributed by atoms with E-state index in [9.17, 15) is 18.0 Å². The van der Waals surface area contributed by atoms with Crippen LogP contribution in [0.25, 0.3) is 5.52 Å². The van der Waals surface area contributed by atoms with Gasteiger partial charge in [-0.15, -0.1) is 0 Å². The van der Waals surface area contributed by atoms with Crippen LogP contribution < -0.4 is 16.5 Å². The summed E-state index contributed by atoms with van der Waals surface area (Å²) in [5.41, 5.74) is 6.08. The Morgan fingerprint density at radius 2 is 1.84 bits per heavy atom. The predicted molar refractivity (Wildman–Crippen MR) is 157 cm³/mol. The summed E-state index contributed by atoms with van der Waals surface area (Å²) in [6, 6.07) is 1.13. The van der Waals surface area contributed by atoms with Gasteiger partial charge in [0, 0.05) is 38.6 Å². The highest BCUT2D eigenvalue weighted by Crippen LogP contribution is 2.47. The van der Waals surface area contributed by atoms with Gasteiger partial charge < -0.3 is 9.47 Å². The number of methoxy groups -OCH3 is 1. The number of pyridine rings is 1. The summed E-state index contributed by atoms with van der Waals surface area (Å²) in [4.78, 5) is 18.3. The van der Waals surface area contributed by atoms with E-state index in [2.05, 4.69) is 27.7 Å². The van der Waals surface area contributed by atoms with Gasteiger partial charge in [0.1, 0.15) is 0 Å². The summed E-state index contributed by atoms with van der Waals surface area (Å²) in [5, 5.41) is 0. The quantitative estimate of drug-likeness (QED) is 0.392. The first-order chi connectivity index (χ1) is 20.7. The minimum absolute atomic E-state index is 0.0246. The largest absolute Gasteiger partial charge is 0.418 e. The molecule has 4 fully saturated rings. The first-order valence-corrected chi connectivity index (χ1v) is 16.1. The minimum atomic E-state index is -4.57. The van der Waals surface area contributed by atoms with Crippen molar-refractivity contribution in [2.75, 3.05) is 47.1 Å². The molecule has 2 N–H and O–H groups in total. The molecule has 2 aromatic rings. The van der Waals surface area contributed by atoms with Crippen LogP contribution in [0.2, 0.25) is 0 Å². The molecule has 9 nitrogen and oxygen atoms in total. The first-order valence-electron chi connectivity index (χ1n) is 16.1. The molecule has 0 bridgehead atoms. The summed E-state index contributed by atoms with van der Waals surface area (Å²) in [6.45, 7) is 3.56. The van der Waals surface area contributed by atoms with E-state index in [0.29, 0.717) is 49.6 Å². The number of nitrogens with zero attached hydrogens (tertiary/aromatic N) is 4. The van der Waals surface area contributed by atoms with E-state index >= 15 is 0 Å². The third-order valence-electron chi connectivity index (χ3n) is 10.4. The number of likely N-dealkylation sites (tertiary alicyclic amines) is 1. The van der Waals surface area contributed by atoms with Crippen molar-refractivity contribution in [1.29, 1.82) is 0 Å². The lowest BCUT2D eigenvalue weighted by Crippen LogP contribution is -2.50. The molecule has 0 aromatic carbocycles. The zero-order valence-electron chi connectivity index (χ0n) is 25.5. The van der Waals surface area contributed by atoms with Crippen molar-refractivity contribution >= 4 is 5.52 Å². The number of piperidine rings is 1. The number of alkyl halides is 3. The number of fused-ring (bicyclic) bond motifs is 1. The fourth-order valence-corrected chi connectivity index (χ4v) is 8.09. The maximum absolute atomic E-state index is 14.4. The van der Waals surface area contributed by atoms with Crippen LogP contribution in [0.15, 0.2) is 23.3 Å². The van der Waals surface area contributed by atoms with Gasteiger partial charge >= 0.3 is 11.9 Å². The average Bonchev–Trinajstić information content (AvgIpc) is 3.52. The highest BCUT2D eigenvalue weighted by Gasteiger charge is 2.44. The Hall–Kier alpha value is -1.96. The van der Waals surface area contributed by atoms with E-state index in [0.717, 1.165) is 51.7 Å². The molecule has 4 aliphatic rings. The maximum atomic E-state index is 14.4. The number of aromatic nitrogens is 2. The molecule has 4 heterocycles. The first kappa shape index (κ1) is 31.0. The van der Waals surface area contributed by atoms with Gasteiger partial charge in [-0.05, 0) is 75.1 Å². The van der Waals surface area contributed by atoms with Crippen LogP contribution in [0.1, 0.15) is 75.0 Å². The van der Waals surface area contributed by atoms with Gasteiger partial charge in [0.15, 0.2) is 0 Å². The Bertz CT molecular complexity index is 1290. The van der Waals surface area contributed by atoms with Gasteiger partial charge in [0.2, 0.25) is 0 Å². The molecule has 43 heavy (non-hydrogen) atoms. The molecule has 6 rings (SSSR count).